The molecule has 0 radical (unpaired) electrons. The number of rotatable bonds is 5. The smallest absolute Gasteiger partial charge is 0.329 e. The number of methoxy groups -OCH3 is 1. The molecule has 0 saturated heterocycles. The SMILES string of the molecule is CCCCn1c2c(c(=O)[nH]c1=O)[C@@H](c1ccc(OC)cc1)C1=C(CCCC1=O)N2. The van der Waals surface area contributed by atoms with Gasteiger partial charge in [0.05, 0.1) is 12.7 Å². The molecule has 0 amide bonds. The first-order valence-corrected chi connectivity index (χ1v) is 10.1. The van der Waals surface area contributed by atoms with Gasteiger partial charge in [0.2, 0.25) is 0 Å². The van der Waals surface area contributed by atoms with Crippen LogP contribution in [0, 0.1) is 0 Å². The third-order valence-electron chi connectivity index (χ3n) is 5.72. The molecular weight excluding hydrogens is 370 g/mol. The summed E-state index contributed by atoms with van der Waals surface area (Å²) in [7, 11) is 1.59. The first-order chi connectivity index (χ1) is 14.0. The van der Waals surface area contributed by atoms with Gasteiger partial charge in [0.15, 0.2) is 5.78 Å². The standard InChI is InChI=1S/C22H25N3O4/c1-3-4-12-25-20-19(21(27)24-22(25)28)17(13-8-10-14(29-2)11-9-13)18-15(23-20)6-5-7-16(18)26/h8-11,17,23H,3-7,12H2,1-2H3,(H,24,27,28)/t17-/m0/s1. The number of aromatic amines is 1. The summed E-state index contributed by atoms with van der Waals surface area (Å²) >= 11 is 0. The molecule has 1 aromatic heterocycles. The van der Waals surface area contributed by atoms with Crippen LogP contribution >= 0.6 is 0 Å². The second-order valence-electron chi connectivity index (χ2n) is 7.53. The van der Waals surface area contributed by atoms with Gasteiger partial charge < -0.3 is 10.1 Å². The predicted molar refractivity (Wildman–Crippen MR) is 111 cm³/mol. The summed E-state index contributed by atoms with van der Waals surface area (Å²) in [5, 5.41) is 3.29. The van der Waals surface area contributed by atoms with E-state index < -0.39 is 17.2 Å². The zero-order valence-electron chi connectivity index (χ0n) is 16.7. The Hall–Kier alpha value is -3.09. The lowest BCUT2D eigenvalue weighted by Crippen LogP contribution is -2.40. The molecule has 152 valence electrons. The number of benzene rings is 1. The summed E-state index contributed by atoms with van der Waals surface area (Å²) in [6, 6.07) is 7.41. The Morgan fingerprint density at radius 2 is 1.90 bits per heavy atom. The lowest BCUT2D eigenvalue weighted by Gasteiger charge is -2.34. The molecule has 2 N–H and O–H groups in total. The van der Waals surface area contributed by atoms with Crippen LogP contribution in [-0.2, 0) is 11.3 Å². The van der Waals surface area contributed by atoms with Gasteiger partial charge in [-0.1, -0.05) is 25.5 Å². The van der Waals surface area contributed by atoms with Crippen molar-refractivity contribution in [2.24, 2.45) is 0 Å². The summed E-state index contributed by atoms with van der Waals surface area (Å²) in [6.45, 7) is 2.56. The highest BCUT2D eigenvalue weighted by molar-refractivity contribution is 6.00. The molecule has 7 nitrogen and oxygen atoms in total. The fourth-order valence-electron chi connectivity index (χ4n) is 4.26. The predicted octanol–water partition coefficient (Wildman–Crippen LogP) is 2.91. The number of Topliss-reactive ketones (excluding diaryl/α,β-unsaturated/α-hetero) is 1. The highest BCUT2D eigenvalue weighted by atomic mass is 16.5. The van der Waals surface area contributed by atoms with Crippen LogP contribution in [0.1, 0.15) is 56.1 Å². The van der Waals surface area contributed by atoms with Gasteiger partial charge in [0, 0.05) is 30.2 Å². The van der Waals surface area contributed by atoms with E-state index in [1.54, 1.807) is 11.7 Å². The third kappa shape index (κ3) is 3.30. The average Bonchev–Trinajstić information content (AvgIpc) is 2.72. The van der Waals surface area contributed by atoms with Crippen LogP contribution in [0.3, 0.4) is 0 Å². The van der Waals surface area contributed by atoms with Gasteiger partial charge in [-0.3, -0.25) is 19.1 Å². The second-order valence-corrected chi connectivity index (χ2v) is 7.53. The number of nitrogens with one attached hydrogen (secondary N) is 2. The topological polar surface area (TPSA) is 93.2 Å². The highest BCUT2D eigenvalue weighted by Crippen LogP contribution is 2.43. The fraction of sp³-hybridized carbons (Fsp3) is 0.409. The Morgan fingerprint density at radius 1 is 1.14 bits per heavy atom. The van der Waals surface area contributed by atoms with Crippen molar-refractivity contribution >= 4 is 11.6 Å². The Labute approximate surface area is 168 Å². The zero-order valence-corrected chi connectivity index (χ0v) is 16.7. The van der Waals surface area contributed by atoms with Gasteiger partial charge in [0.1, 0.15) is 11.6 Å². The van der Waals surface area contributed by atoms with Crippen LogP contribution in [0.2, 0.25) is 0 Å². The Kier molecular flexibility index (Phi) is 5.13. The molecule has 7 heteroatoms. The van der Waals surface area contributed by atoms with E-state index in [2.05, 4.69) is 17.2 Å². The van der Waals surface area contributed by atoms with Crippen molar-refractivity contribution in [3.63, 3.8) is 0 Å². The van der Waals surface area contributed by atoms with Crippen molar-refractivity contribution < 1.29 is 9.53 Å². The zero-order chi connectivity index (χ0) is 20.5. The van der Waals surface area contributed by atoms with Crippen LogP contribution in [0.15, 0.2) is 45.1 Å². The highest BCUT2D eigenvalue weighted by Gasteiger charge is 2.38. The van der Waals surface area contributed by atoms with Gasteiger partial charge in [-0.15, -0.1) is 0 Å². The minimum absolute atomic E-state index is 0.0518. The van der Waals surface area contributed by atoms with Crippen molar-refractivity contribution in [1.29, 1.82) is 0 Å². The lowest BCUT2D eigenvalue weighted by molar-refractivity contribution is -0.116. The average molecular weight is 395 g/mol. The molecule has 1 aliphatic heterocycles. The lowest BCUT2D eigenvalue weighted by atomic mass is 9.76. The van der Waals surface area contributed by atoms with Crippen molar-refractivity contribution in [2.75, 3.05) is 12.4 Å². The van der Waals surface area contributed by atoms with Gasteiger partial charge >= 0.3 is 5.69 Å². The summed E-state index contributed by atoms with van der Waals surface area (Å²) in [4.78, 5) is 40.8. The molecule has 0 spiro atoms. The number of nitrogens with zero attached hydrogens (tertiary/aromatic N) is 1. The van der Waals surface area contributed by atoms with E-state index in [4.69, 9.17) is 4.74 Å². The maximum absolute atomic E-state index is 12.9. The van der Waals surface area contributed by atoms with E-state index in [9.17, 15) is 14.4 Å². The Balaban J connectivity index is 1.97. The molecule has 0 unspecified atom stereocenters. The summed E-state index contributed by atoms with van der Waals surface area (Å²) in [5.74, 6) is 0.767. The second kappa shape index (κ2) is 7.73. The number of unbranched alkanes of at least 4 members (excludes halogenated alkanes) is 1. The van der Waals surface area contributed by atoms with Crippen molar-refractivity contribution in [3.05, 3.63) is 67.5 Å². The largest absolute Gasteiger partial charge is 0.497 e. The Morgan fingerprint density at radius 3 is 2.59 bits per heavy atom. The number of fused-ring (bicyclic) bond motifs is 1. The van der Waals surface area contributed by atoms with Crippen LogP contribution in [0.5, 0.6) is 5.75 Å². The molecule has 1 atom stereocenters. The quantitative estimate of drug-likeness (QED) is 0.812. The van der Waals surface area contributed by atoms with Crippen LogP contribution in [0.4, 0.5) is 5.82 Å². The molecular formula is C22H25N3O4. The van der Waals surface area contributed by atoms with Crippen LogP contribution in [-0.4, -0.2) is 22.4 Å². The van der Waals surface area contributed by atoms with E-state index in [1.807, 2.05) is 24.3 Å². The number of hydrogen-bond acceptors (Lipinski definition) is 5. The first-order valence-electron chi connectivity index (χ1n) is 10.1. The van der Waals surface area contributed by atoms with E-state index in [1.165, 1.54) is 0 Å². The van der Waals surface area contributed by atoms with E-state index >= 15 is 0 Å². The molecule has 0 fully saturated rings. The summed E-state index contributed by atoms with van der Waals surface area (Å²) in [6.07, 6.45) is 3.70. The van der Waals surface area contributed by atoms with Crippen molar-refractivity contribution in [3.8, 4) is 5.75 Å². The number of anilines is 1. The number of carbonyl (C=O) groups excluding carboxylic acids is 1. The molecule has 2 aliphatic rings. The summed E-state index contributed by atoms with van der Waals surface area (Å²) in [5.41, 5.74) is 1.86. The molecule has 1 aliphatic carbocycles. The van der Waals surface area contributed by atoms with Crippen molar-refractivity contribution in [2.45, 2.75) is 51.5 Å². The monoisotopic (exact) mass is 395 g/mol. The fourth-order valence-corrected chi connectivity index (χ4v) is 4.26. The first kappa shape index (κ1) is 19.2. The number of H-pyrrole nitrogens is 1. The number of ketones is 1. The molecule has 2 aromatic rings. The van der Waals surface area contributed by atoms with Crippen LogP contribution in [0.25, 0.3) is 0 Å². The maximum atomic E-state index is 12.9. The minimum atomic E-state index is -0.503. The molecule has 4 rings (SSSR count). The Bertz CT molecular complexity index is 1090. The van der Waals surface area contributed by atoms with E-state index in [-0.39, 0.29) is 5.78 Å². The van der Waals surface area contributed by atoms with Crippen LogP contribution < -0.4 is 21.3 Å². The van der Waals surface area contributed by atoms with Gasteiger partial charge in [0.25, 0.3) is 5.56 Å². The number of hydrogen-bond donors (Lipinski definition) is 2. The van der Waals surface area contributed by atoms with Gasteiger partial charge in [-0.25, -0.2) is 4.79 Å². The molecule has 29 heavy (non-hydrogen) atoms. The molecule has 2 heterocycles. The molecule has 0 saturated carbocycles. The number of aromatic nitrogens is 2. The third-order valence-corrected chi connectivity index (χ3v) is 5.72. The molecule has 0 bridgehead atoms. The number of ether oxygens (including phenoxy) is 1. The van der Waals surface area contributed by atoms with E-state index in [0.29, 0.717) is 35.7 Å². The maximum Gasteiger partial charge on any atom is 0.329 e. The molecule has 1 aromatic carbocycles. The van der Waals surface area contributed by atoms with Gasteiger partial charge in [-0.2, -0.15) is 0 Å². The normalized spacial score (nSPS) is 18.1. The minimum Gasteiger partial charge on any atom is -0.497 e. The van der Waals surface area contributed by atoms with Crippen molar-refractivity contribution in [1.82, 2.24) is 9.55 Å². The van der Waals surface area contributed by atoms with Gasteiger partial charge in [-0.05, 0) is 37.0 Å². The number of carbonyl (C=O) groups is 1. The summed E-state index contributed by atoms with van der Waals surface area (Å²) < 4.78 is 6.85. The van der Waals surface area contributed by atoms with E-state index in [0.717, 1.165) is 36.9 Å². The number of allylic oxidation sites excluding steroid dienone is 2.